The van der Waals surface area contributed by atoms with Gasteiger partial charge in [0.05, 0.1) is 0 Å². The molecule has 0 aliphatic heterocycles. The number of nitrogens with one attached hydrogen (secondary N) is 1. The van der Waals surface area contributed by atoms with E-state index in [2.05, 4.69) is 15.2 Å². The minimum atomic E-state index is -3.96. The molecule has 0 spiro atoms. The van der Waals surface area contributed by atoms with E-state index in [0.29, 0.717) is 11.1 Å². The summed E-state index contributed by atoms with van der Waals surface area (Å²) < 4.78 is 35.2. The lowest BCUT2D eigenvalue weighted by Gasteiger charge is -1.98. The van der Waals surface area contributed by atoms with Crippen LogP contribution in [0.1, 0.15) is 5.56 Å². The number of aryl methyl sites for hydroxylation is 1. The number of nitrogens with zero attached hydrogens (tertiary/aromatic N) is 2. The number of benzene rings is 1. The molecule has 0 saturated heterocycles. The molecule has 0 aliphatic rings. The van der Waals surface area contributed by atoms with Crippen molar-refractivity contribution in [1.29, 1.82) is 0 Å². The van der Waals surface area contributed by atoms with Crippen molar-refractivity contribution in [2.45, 2.75) is 12.1 Å². The molecule has 0 fully saturated rings. The molecule has 5 nitrogen and oxygen atoms in total. The smallest absolute Gasteiger partial charge is 0.248 e. The van der Waals surface area contributed by atoms with E-state index in [0.717, 1.165) is 0 Å². The van der Waals surface area contributed by atoms with Crippen LogP contribution in [-0.4, -0.2) is 23.6 Å². The molecule has 2 rings (SSSR count). The third kappa shape index (κ3) is 2.45. The Kier molecular flexibility index (Phi) is 2.88. The van der Waals surface area contributed by atoms with Crippen molar-refractivity contribution < 1.29 is 12.8 Å². The van der Waals surface area contributed by atoms with E-state index in [4.69, 9.17) is 10.7 Å². The van der Waals surface area contributed by atoms with Crippen molar-refractivity contribution >= 4 is 19.7 Å². The summed E-state index contributed by atoms with van der Waals surface area (Å²) in [7, 11) is 1.12. The molecule has 0 amide bonds. The standard InChI is InChI=1S/C9H7ClFN3O2S/c1-5-2-3-6(4-7(5)11)8-12-9(14-13-8)17(10,15)16/h2-4H,1H3,(H,12,13,14). The summed E-state index contributed by atoms with van der Waals surface area (Å²) in [5, 5.41) is 5.37. The topological polar surface area (TPSA) is 75.7 Å². The highest BCUT2D eigenvalue weighted by molar-refractivity contribution is 8.13. The molecule has 1 N–H and O–H groups in total. The molecule has 0 unspecified atom stereocenters. The van der Waals surface area contributed by atoms with Gasteiger partial charge in [-0.1, -0.05) is 12.1 Å². The van der Waals surface area contributed by atoms with Crippen LogP contribution < -0.4 is 0 Å². The Morgan fingerprint density at radius 2 is 2.12 bits per heavy atom. The van der Waals surface area contributed by atoms with E-state index < -0.39 is 20.0 Å². The summed E-state index contributed by atoms with van der Waals surface area (Å²) in [6.07, 6.45) is 0. The zero-order valence-electron chi connectivity index (χ0n) is 8.61. The van der Waals surface area contributed by atoms with Gasteiger partial charge in [0.2, 0.25) is 0 Å². The van der Waals surface area contributed by atoms with E-state index in [9.17, 15) is 12.8 Å². The van der Waals surface area contributed by atoms with Gasteiger partial charge < -0.3 is 0 Å². The van der Waals surface area contributed by atoms with Crippen LogP contribution in [0.3, 0.4) is 0 Å². The van der Waals surface area contributed by atoms with E-state index in [1.165, 1.54) is 6.07 Å². The molecule has 0 radical (unpaired) electrons. The average molecular weight is 276 g/mol. The second-order valence-corrected chi connectivity index (χ2v) is 5.85. The van der Waals surface area contributed by atoms with Gasteiger partial charge in [0.15, 0.2) is 5.82 Å². The van der Waals surface area contributed by atoms with Gasteiger partial charge in [-0.2, -0.15) is 10.1 Å². The lowest BCUT2D eigenvalue weighted by atomic mass is 10.1. The number of hydrogen-bond donors (Lipinski definition) is 1. The summed E-state index contributed by atoms with van der Waals surface area (Å²) in [4.78, 5) is 3.67. The Balaban J connectivity index is 2.47. The average Bonchev–Trinajstić information content (AvgIpc) is 2.70. The van der Waals surface area contributed by atoms with Crippen LogP contribution >= 0.6 is 10.7 Å². The van der Waals surface area contributed by atoms with E-state index in [1.54, 1.807) is 19.1 Å². The fourth-order valence-electron chi connectivity index (χ4n) is 1.22. The summed E-state index contributed by atoms with van der Waals surface area (Å²) in [5.41, 5.74) is 0.852. The SMILES string of the molecule is Cc1ccc(-c2n[nH]c(S(=O)(=O)Cl)n2)cc1F. The summed E-state index contributed by atoms with van der Waals surface area (Å²) in [5.74, 6) is -0.342. The van der Waals surface area contributed by atoms with Gasteiger partial charge in [0.25, 0.3) is 14.2 Å². The fraction of sp³-hybridized carbons (Fsp3) is 0.111. The third-order valence-corrected chi connectivity index (χ3v) is 3.21. The lowest BCUT2D eigenvalue weighted by molar-refractivity contribution is 0.602. The molecule has 17 heavy (non-hydrogen) atoms. The van der Waals surface area contributed by atoms with Crippen LogP contribution in [0.25, 0.3) is 11.4 Å². The predicted octanol–water partition coefficient (Wildman–Crippen LogP) is 1.85. The molecule has 1 aromatic heterocycles. The van der Waals surface area contributed by atoms with Gasteiger partial charge in [-0.15, -0.1) is 0 Å². The molecule has 0 saturated carbocycles. The monoisotopic (exact) mass is 275 g/mol. The highest BCUT2D eigenvalue weighted by Gasteiger charge is 2.17. The van der Waals surface area contributed by atoms with Gasteiger partial charge in [0, 0.05) is 16.2 Å². The lowest BCUT2D eigenvalue weighted by Crippen LogP contribution is -1.93. The molecular formula is C9H7ClFN3O2S. The van der Waals surface area contributed by atoms with Gasteiger partial charge >= 0.3 is 0 Å². The number of hydrogen-bond acceptors (Lipinski definition) is 4. The Hall–Kier alpha value is -1.47. The van der Waals surface area contributed by atoms with Gasteiger partial charge in [0.1, 0.15) is 5.82 Å². The van der Waals surface area contributed by atoms with Gasteiger partial charge in [-0.25, -0.2) is 17.9 Å². The molecule has 0 aliphatic carbocycles. The first kappa shape index (κ1) is 12.0. The molecule has 1 heterocycles. The fourth-order valence-corrected chi connectivity index (χ4v) is 1.77. The number of aromatic nitrogens is 3. The zero-order valence-corrected chi connectivity index (χ0v) is 10.2. The summed E-state index contributed by atoms with van der Waals surface area (Å²) in [6.45, 7) is 1.62. The number of aromatic amines is 1. The Labute approximate surface area is 101 Å². The quantitative estimate of drug-likeness (QED) is 0.849. The predicted molar refractivity (Wildman–Crippen MR) is 59.6 cm³/mol. The van der Waals surface area contributed by atoms with Crippen LogP contribution in [0.5, 0.6) is 0 Å². The minimum Gasteiger partial charge on any atom is -0.248 e. The van der Waals surface area contributed by atoms with Gasteiger partial charge in [-0.3, -0.25) is 0 Å². The first-order chi connectivity index (χ1) is 7.88. The number of halogens is 2. The first-order valence-corrected chi connectivity index (χ1v) is 6.82. The molecule has 90 valence electrons. The Morgan fingerprint density at radius 3 is 2.65 bits per heavy atom. The normalized spacial score (nSPS) is 11.7. The second kappa shape index (κ2) is 4.08. The van der Waals surface area contributed by atoms with E-state index in [1.807, 2.05) is 0 Å². The highest BCUT2D eigenvalue weighted by atomic mass is 35.7. The Bertz CT molecular complexity index is 669. The molecule has 1 aromatic carbocycles. The van der Waals surface area contributed by atoms with Crippen LogP contribution in [0.2, 0.25) is 0 Å². The molecule has 8 heteroatoms. The number of H-pyrrole nitrogens is 1. The Morgan fingerprint density at radius 1 is 1.41 bits per heavy atom. The van der Waals surface area contributed by atoms with Gasteiger partial charge in [-0.05, 0) is 18.6 Å². The van der Waals surface area contributed by atoms with Crippen LogP contribution in [0.15, 0.2) is 23.4 Å². The van der Waals surface area contributed by atoms with Crippen LogP contribution in [0, 0.1) is 12.7 Å². The molecule has 2 aromatic rings. The maximum Gasteiger partial charge on any atom is 0.296 e. The maximum atomic E-state index is 13.3. The number of rotatable bonds is 2. The first-order valence-electron chi connectivity index (χ1n) is 4.51. The van der Waals surface area contributed by atoms with Crippen molar-refractivity contribution in [3.05, 3.63) is 29.6 Å². The van der Waals surface area contributed by atoms with Crippen molar-refractivity contribution in [3.63, 3.8) is 0 Å². The largest absolute Gasteiger partial charge is 0.296 e. The summed E-state index contributed by atoms with van der Waals surface area (Å²) in [6, 6.07) is 4.37. The molecule has 0 bridgehead atoms. The van der Waals surface area contributed by atoms with Crippen molar-refractivity contribution in [3.8, 4) is 11.4 Å². The third-order valence-electron chi connectivity index (χ3n) is 2.13. The van der Waals surface area contributed by atoms with Crippen LogP contribution in [0.4, 0.5) is 4.39 Å². The van der Waals surface area contributed by atoms with Crippen molar-refractivity contribution in [2.75, 3.05) is 0 Å². The van der Waals surface area contributed by atoms with Crippen molar-refractivity contribution in [1.82, 2.24) is 15.2 Å². The maximum absolute atomic E-state index is 13.3. The highest BCUT2D eigenvalue weighted by Crippen LogP contribution is 2.20. The minimum absolute atomic E-state index is 0.0723. The van der Waals surface area contributed by atoms with Crippen LogP contribution in [-0.2, 0) is 9.05 Å². The zero-order chi connectivity index (χ0) is 12.6. The summed E-state index contributed by atoms with van der Waals surface area (Å²) >= 11 is 0. The van der Waals surface area contributed by atoms with E-state index >= 15 is 0 Å². The van der Waals surface area contributed by atoms with Crippen molar-refractivity contribution in [2.24, 2.45) is 0 Å². The molecular weight excluding hydrogens is 269 g/mol. The second-order valence-electron chi connectivity index (χ2n) is 3.37. The van der Waals surface area contributed by atoms with E-state index in [-0.39, 0.29) is 5.82 Å². The molecule has 0 atom stereocenters.